The number of thiophene rings is 1. The fraction of sp³-hybridized carbons (Fsp3) is 0.0909. The second-order valence-electron chi connectivity index (χ2n) is 3.19. The number of nitrogens with zero attached hydrogens (tertiary/aromatic N) is 1. The van der Waals surface area contributed by atoms with Crippen molar-refractivity contribution in [3.05, 3.63) is 46.3 Å². The zero-order valence-corrected chi connectivity index (χ0v) is 9.04. The number of amides is 1. The van der Waals surface area contributed by atoms with Crippen LogP contribution in [0.5, 0.6) is 0 Å². The van der Waals surface area contributed by atoms with Crippen molar-refractivity contribution in [3.8, 4) is 0 Å². The van der Waals surface area contributed by atoms with Crippen molar-refractivity contribution in [2.75, 3.05) is 5.32 Å². The van der Waals surface area contributed by atoms with Crippen LogP contribution in [0.4, 0.5) is 5.82 Å². The molecule has 2 rings (SSSR count). The van der Waals surface area contributed by atoms with Gasteiger partial charge in [-0.2, -0.15) is 11.3 Å². The van der Waals surface area contributed by atoms with Crippen molar-refractivity contribution in [2.24, 2.45) is 0 Å². The van der Waals surface area contributed by atoms with Crippen LogP contribution >= 0.6 is 11.3 Å². The van der Waals surface area contributed by atoms with Crippen molar-refractivity contribution < 1.29 is 4.79 Å². The molecule has 0 unspecified atom stereocenters. The molecule has 0 fully saturated rings. The van der Waals surface area contributed by atoms with Crippen molar-refractivity contribution in [2.45, 2.75) is 6.92 Å². The summed E-state index contributed by atoms with van der Waals surface area (Å²) in [5, 5.41) is 6.41. The highest BCUT2D eigenvalue weighted by Crippen LogP contribution is 2.09. The highest BCUT2D eigenvalue weighted by Gasteiger charge is 2.05. The van der Waals surface area contributed by atoms with Crippen molar-refractivity contribution in [3.63, 3.8) is 0 Å². The van der Waals surface area contributed by atoms with Crippen LogP contribution in [0, 0.1) is 6.92 Å². The number of rotatable bonds is 2. The standard InChI is InChI=1S/C11H10N2OS/c1-8-2-3-10(12-6-8)13-11(14)9-4-5-15-7-9/h2-7H,1H3,(H,12,13,14). The minimum absolute atomic E-state index is 0.118. The third-order valence-corrected chi connectivity index (χ3v) is 2.62. The molecule has 2 heterocycles. The zero-order chi connectivity index (χ0) is 10.7. The fourth-order valence-electron chi connectivity index (χ4n) is 1.12. The summed E-state index contributed by atoms with van der Waals surface area (Å²) in [6, 6.07) is 5.49. The fourth-order valence-corrected chi connectivity index (χ4v) is 1.76. The molecule has 4 heteroatoms. The van der Waals surface area contributed by atoms with E-state index in [0.717, 1.165) is 5.56 Å². The molecule has 0 saturated carbocycles. The van der Waals surface area contributed by atoms with Gasteiger partial charge in [0.1, 0.15) is 5.82 Å². The lowest BCUT2D eigenvalue weighted by atomic mass is 10.3. The highest BCUT2D eigenvalue weighted by molar-refractivity contribution is 7.08. The normalized spacial score (nSPS) is 9.93. The lowest BCUT2D eigenvalue weighted by molar-refractivity contribution is 0.102. The zero-order valence-electron chi connectivity index (χ0n) is 8.23. The number of aryl methyl sites for hydroxylation is 1. The van der Waals surface area contributed by atoms with Crippen LogP contribution in [-0.4, -0.2) is 10.9 Å². The Morgan fingerprint density at radius 2 is 2.27 bits per heavy atom. The van der Waals surface area contributed by atoms with Gasteiger partial charge in [-0.05, 0) is 30.0 Å². The van der Waals surface area contributed by atoms with Crippen LogP contribution < -0.4 is 5.32 Å². The number of anilines is 1. The molecule has 76 valence electrons. The van der Waals surface area contributed by atoms with Gasteiger partial charge >= 0.3 is 0 Å². The van der Waals surface area contributed by atoms with E-state index in [-0.39, 0.29) is 5.91 Å². The Morgan fingerprint density at radius 1 is 1.40 bits per heavy atom. The lowest BCUT2D eigenvalue weighted by Crippen LogP contribution is -2.11. The van der Waals surface area contributed by atoms with Crippen molar-refractivity contribution in [1.29, 1.82) is 0 Å². The third-order valence-electron chi connectivity index (χ3n) is 1.94. The van der Waals surface area contributed by atoms with Gasteiger partial charge in [0.25, 0.3) is 5.91 Å². The van der Waals surface area contributed by atoms with Crippen LogP contribution in [0.2, 0.25) is 0 Å². The van der Waals surface area contributed by atoms with E-state index in [2.05, 4.69) is 10.3 Å². The number of carbonyl (C=O) groups is 1. The largest absolute Gasteiger partial charge is 0.307 e. The molecule has 0 radical (unpaired) electrons. The summed E-state index contributed by atoms with van der Waals surface area (Å²) in [5.74, 6) is 0.462. The first kappa shape index (κ1) is 9.86. The Bertz CT molecular complexity index is 448. The molecular formula is C11H10N2OS. The van der Waals surface area contributed by atoms with Gasteiger partial charge in [0.2, 0.25) is 0 Å². The Hall–Kier alpha value is -1.68. The molecule has 2 aromatic rings. The molecule has 3 nitrogen and oxygen atoms in total. The van der Waals surface area contributed by atoms with E-state index in [4.69, 9.17) is 0 Å². The molecule has 0 aliphatic carbocycles. The van der Waals surface area contributed by atoms with E-state index in [1.165, 1.54) is 11.3 Å². The number of carbonyl (C=O) groups excluding carboxylic acids is 1. The second kappa shape index (κ2) is 4.23. The summed E-state index contributed by atoms with van der Waals surface area (Å²) in [6.45, 7) is 1.96. The lowest BCUT2D eigenvalue weighted by Gasteiger charge is -2.02. The smallest absolute Gasteiger partial charge is 0.257 e. The molecule has 0 aliphatic heterocycles. The summed E-state index contributed by atoms with van der Waals surface area (Å²) in [7, 11) is 0. The molecule has 0 bridgehead atoms. The minimum Gasteiger partial charge on any atom is -0.307 e. The van der Waals surface area contributed by atoms with Crippen LogP contribution in [0.3, 0.4) is 0 Å². The molecular weight excluding hydrogens is 208 g/mol. The first-order valence-corrected chi connectivity index (χ1v) is 5.46. The maximum atomic E-state index is 11.6. The number of hydrogen-bond donors (Lipinski definition) is 1. The van der Waals surface area contributed by atoms with E-state index < -0.39 is 0 Å². The van der Waals surface area contributed by atoms with Crippen LogP contribution in [0.15, 0.2) is 35.2 Å². The predicted molar refractivity (Wildman–Crippen MR) is 61.2 cm³/mol. The van der Waals surface area contributed by atoms with Crippen LogP contribution in [-0.2, 0) is 0 Å². The van der Waals surface area contributed by atoms with E-state index in [0.29, 0.717) is 11.4 Å². The first-order valence-electron chi connectivity index (χ1n) is 4.52. The number of pyridine rings is 1. The quantitative estimate of drug-likeness (QED) is 0.842. The maximum Gasteiger partial charge on any atom is 0.257 e. The van der Waals surface area contributed by atoms with Gasteiger partial charge in [-0.3, -0.25) is 4.79 Å². The van der Waals surface area contributed by atoms with Gasteiger partial charge in [0.15, 0.2) is 0 Å². The summed E-state index contributed by atoms with van der Waals surface area (Å²) >= 11 is 1.50. The number of hydrogen-bond acceptors (Lipinski definition) is 3. The number of aromatic nitrogens is 1. The van der Waals surface area contributed by atoms with E-state index in [1.54, 1.807) is 18.3 Å². The van der Waals surface area contributed by atoms with Gasteiger partial charge in [-0.25, -0.2) is 4.98 Å². The van der Waals surface area contributed by atoms with E-state index >= 15 is 0 Å². The van der Waals surface area contributed by atoms with E-state index in [1.807, 2.05) is 23.8 Å². The summed E-state index contributed by atoms with van der Waals surface area (Å²) in [5.41, 5.74) is 1.74. The third kappa shape index (κ3) is 2.41. The van der Waals surface area contributed by atoms with Gasteiger partial charge in [-0.1, -0.05) is 6.07 Å². The van der Waals surface area contributed by atoms with Gasteiger partial charge in [0, 0.05) is 11.6 Å². The molecule has 2 aromatic heterocycles. The molecule has 0 aromatic carbocycles. The van der Waals surface area contributed by atoms with Crippen LogP contribution in [0.1, 0.15) is 15.9 Å². The minimum atomic E-state index is -0.118. The molecule has 0 aliphatic rings. The molecule has 0 saturated heterocycles. The SMILES string of the molecule is Cc1ccc(NC(=O)c2ccsc2)nc1. The van der Waals surface area contributed by atoms with Crippen LogP contribution in [0.25, 0.3) is 0 Å². The van der Waals surface area contributed by atoms with Gasteiger partial charge in [0.05, 0.1) is 5.56 Å². The molecule has 1 amide bonds. The van der Waals surface area contributed by atoms with Gasteiger partial charge in [-0.15, -0.1) is 0 Å². The molecule has 15 heavy (non-hydrogen) atoms. The average Bonchev–Trinajstić information content (AvgIpc) is 2.74. The first-order chi connectivity index (χ1) is 7.25. The molecule has 0 spiro atoms. The molecule has 1 N–H and O–H groups in total. The Kier molecular flexibility index (Phi) is 2.78. The average molecular weight is 218 g/mol. The van der Waals surface area contributed by atoms with E-state index in [9.17, 15) is 4.79 Å². The maximum absolute atomic E-state index is 11.6. The monoisotopic (exact) mass is 218 g/mol. The highest BCUT2D eigenvalue weighted by atomic mass is 32.1. The Labute approximate surface area is 91.8 Å². The Balaban J connectivity index is 2.09. The topological polar surface area (TPSA) is 42.0 Å². The summed E-state index contributed by atoms with van der Waals surface area (Å²) in [6.07, 6.45) is 1.73. The second-order valence-corrected chi connectivity index (χ2v) is 3.97. The van der Waals surface area contributed by atoms with Gasteiger partial charge < -0.3 is 5.32 Å². The van der Waals surface area contributed by atoms with Crippen molar-refractivity contribution in [1.82, 2.24) is 4.98 Å². The Morgan fingerprint density at radius 3 is 2.87 bits per heavy atom. The summed E-state index contributed by atoms with van der Waals surface area (Å²) < 4.78 is 0. The predicted octanol–water partition coefficient (Wildman–Crippen LogP) is 2.70. The van der Waals surface area contributed by atoms with Crippen molar-refractivity contribution >= 4 is 23.1 Å². The summed E-state index contributed by atoms with van der Waals surface area (Å²) in [4.78, 5) is 15.7. The number of nitrogens with one attached hydrogen (secondary N) is 1. The molecule has 0 atom stereocenters.